The number of anilines is 1. The summed E-state index contributed by atoms with van der Waals surface area (Å²) in [5.74, 6) is -3.59. The number of imidazole rings is 1. The number of nitrogens with zero attached hydrogens (tertiary/aromatic N) is 4. The van der Waals surface area contributed by atoms with Crippen LogP contribution in [0.15, 0.2) is 36.5 Å². The maximum Gasteiger partial charge on any atom is 0.410 e. The van der Waals surface area contributed by atoms with Crippen molar-refractivity contribution in [2.24, 2.45) is 18.9 Å². The summed E-state index contributed by atoms with van der Waals surface area (Å²) in [5.41, 5.74) is -0.153. The number of carbonyl (C=O) groups is 4. The van der Waals surface area contributed by atoms with Crippen molar-refractivity contribution in [2.45, 2.75) is 44.6 Å². The number of fused-ring (bicyclic) bond motifs is 1. The van der Waals surface area contributed by atoms with Crippen LogP contribution in [-0.4, -0.2) is 105 Å². The molecule has 1 saturated carbocycles. The molecule has 17 heteroatoms. The number of β-amino-alcohol motifs (C(OH)–C–C–N with tert-alkyl or cyclic N) is 1. The fraction of sp³-hybridized carbons (Fsp3) is 0.441. The minimum atomic E-state index is -1.16. The molecule has 1 aliphatic carbocycles. The Labute approximate surface area is 297 Å². The monoisotopic (exact) mass is 729 g/mol. The lowest BCUT2D eigenvalue weighted by Crippen LogP contribution is -2.50. The van der Waals surface area contributed by atoms with Crippen molar-refractivity contribution >= 4 is 41.2 Å². The van der Waals surface area contributed by atoms with Crippen molar-refractivity contribution in [2.75, 3.05) is 38.6 Å². The first-order chi connectivity index (χ1) is 24.1. The van der Waals surface area contributed by atoms with Crippen molar-refractivity contribution in [1.29, 1.82) is 0 Å². The highest BCUT2D eigenvalue weighted by Crippen LogP contribution is 2.45. The lowest BCUT2D eigenvalue weighted by Gasteiger charge is -2.25. The average molecular weight is 730 g/mol. The van der Waals surface area contributed by atoms with Crippen LogP contribution in [0.3, 0.4) is 0 Å². The molecule has 0 spiro atoms. The molecule has 0 bridgehead atoms. The molecular formula is C34H38ClF2N7O7. The molecule has 3 fully saturated rings. The van der Waals surface area contributed by atoms with Gasteiger partial charge in [0.25, 0.3) is 11.8 Å². The molecule has 2 aliphatic heterocycles. The van der Waals surface area contributed by atoms with Crippen molar-refractivity contribution < 1.29 is 42.5 Å². The molecule has 2 saturated heterocycles. The van der Waals surface area contributed by atoms with Gasteiger partial charge in [-0.3, -0.25) is 9.59 Å². The molecule has 5 atom stereocenters. The number of aliphatic hydroxyl groups is 1. The molecule has 6 rings (SSSR count). The van der Waals surface area contributed by atoms with E-state index < -0.39 is 47.3 Å². The lowest BCUT2D eigenvalue weighted by molar-refractivity contribution is 0.0269. The third kappa shape index (κ3) is 7.28. The quantitative estimate of drug-likeness (QED) is 0.286. The van der Waals surface area contributed by atoms with E-state index in [9.17, 15) is 33.1 Å². The number of piperidine rings is 1. The van der Waals surface area contributed by atoms with Gasteiger partial charge < -0.3 is 44.9 Å². The number of hydrogen-bond donors (Lipinski definition) is 4. The van der Waals surface area contributed by atoms with Crippen molar-refractivity contribution in [3.05, 3.63) is 64.6 Å². The first-order valence-electron chi connectivity index (χ1n) is 16.2. The van der Waals surface area contributed by atoms with Crippen molar-refractivity contribution in [3.8, 4) is 17.0 Å². The van der Waals surface area contributed by atoms with Crippen LogP contribution < -0.4 is 20.7 Å². The van der Waals surface area contributed by atoms with Crippen LogP contribution in [0.5, 0.6) is 5.75 Å². The Bertz CT molecular complexity index is 1890. The SMILES string of the molecule is COc1ccc(-c2cnc(C(=O)Nc3ccc(C(=O)N[C@H]4[C@@H]5CN(C(=O)N[C@@H]6CN(C(=O)OC(C)(C)C)C[C@H]6O)C[C@@H]54)c(Cl)c3)n2C)c(F)c1F. The van der Waals surface area contributed by atoms with E-state index in [-0.39, 0.29) is 76.1 Å². The van der Waals surface area contributed by atoms with E-state index in [1.165, 1.54) is 60.2 Å². The number of methoxy groups -OCH3 is 1. The molecule has 4 N–H and O–H groups in total. The fourth-order valence-corrected chi connectivity index (χ4v) is 6.78. The minimum Gasteiger partial charge on any atom is -0.494 e. The summed E-state index contributed by atoms with van der Waals surface area (Å²) in [6, 6.07) is 5.84. The van der Waals surface area contributed by atoms with Gasteiger partial charge in [-0.2, -0.15) is 4.39 Å². The van der Waals surface area contributed by atoms with Crippen molar-refractivity contribution in [1.82, 2.24) is 30.0 Å². The molecule has 3 heterocycles. The molecule has 3 aromatic rings. The molecular weight excluding hydrogens is 692 g/mol. The highest BCUT2D eigenvalue weighted by atomic mass is 35.5. The number of likely N-dealkylation sites (tertiary alicyclic amines) is 2. The number of carbonyl (C=O) groups excluding carboxylic acids is 4. The summed E-state index contributed by atoms with van der Waals surface area (Å²) < 4.78 is 40.5. The normalized spacial score (nSPS) is 22.3. The van der Waals surface area contributed by atoms with E-state index in [1.807, 2.05) is 0 Å². The number of hydrogen-bond acceptors (Lipinski definition) is 8. The predicted octanol–water partition coefficient (Wildman–Crippen LogP) is 3.63. The topological polar surface area (TPSA) is 167 Å². The van der Waals surface area contributed by atoms with Crippen LogP contribution >= 0.6 is 11.6 Å². The standard InChI is InChI=1S/C34H38ClF2N7O7/c1-34(2,3)51-33(49)44-14-22(24(45)15-44)40-32(48)43-12-19-20(13-43)28(19)41-30(46)17-7-6-16(10-21(17)35)39-31(47)29-38-11-23(42(29)4)18-8-9-25(50-5)27(37)26(18)36/h6-11,19-20,22,24,28,45H,12-15H2,1-5H3,(H,39,47)(H,40,48)(H,41,46)/t19-,20+,22-,24-,28+/m1/s1. The molecule has 0 unspecified atom stereocenters. The molecule has 51 heavy (non-hydrogen) atoms. The largest absolute Gasteiger partial charge is 0.494 e. The minimum absolute atomic E-state index is 0.0503. The summed E-state index contributed by atoms with van der Waals surface area (Å²) in [6.45, 7) is 6.25. The second-order valence-electron chi connectivity index (χ2n) is 13.9. The van der Waals surface area contributed by atoms with Gasteiger partial charge in [0.15, 0.2) is 17.4 Å². The first-order valence-corrected chi connectivity index (χ1v) is 16.6. The molecule has 272 valence electrons. The van der Waals surface area contributed by atoms with E-state index in [0.29, 0.717) is 13.1 Å². The highest BCUT2D eigenvalue weighted by Gasteiger charge is 2.57. The Morgan fingerprint density at radius 2 is 1.67 bits per heavy atom. The maximum absolute atomic E-state index is 14.7. The van der Waals surface area contributed by atoms with Crippen molar-refractivity contribution in [3.63, 3.8) is 0 Å². The number of aliphatic hydroxyl groups excluding tert-OH is 1. The predicted molar refractivity (Wildman–Crippen MR) is 180 cm³/mol. The summed E-state index contributed by atoms with van der Waals surface area (Å²) in [6.07, 6.45) is -0.234. The number of ether oxygens (including phenoxy) is 2. The number of aromatic nitrogens is 2. The fourth-order valence-electron chi connectivity index (χ4n) is 6.51. The maximum atomic E-state index is 14.7. The van der Waals surface area contributed by atoms with Crippen LogP contribution in [0.2, 0.25) is 5.02 Å². The zero-order valence-corrected chi connectivity index (χ0v) is 29.3. The molecule has 1 aromatic heterocycles. The molecule has 5 amide bonds. The Hall–Kier alpha value is -4.96. The number of halogens is 3. The van der Waals surface area contributed by atoms with Gasteiger partial charge >= 0.3 is 12.1 Å². The Kier molecular flexibility index (Phi) is 9.59. The van der Waals surface area contributed by atoms with E-state index in [0.717, 1.165) is 0 Å². The Balaban J connectivity index is 0.994. The molecule has 0 radical (unpaired) electrons. The zero-order valence-electron chi connectivity index (χ0n) is 28.5. The van der Waals surface area contributed by atoms with Crippen LogP contribution in [0.4, 0.5) is 24.1 Å². The third-order valence-corrected chi connectivity index (χ3v) is 9.55. The average Bonchev–Trinajstić information content (AvgIpc) is 3.43. The summed E-state index contributed by atoms with van der Waals surface area (Å²) in [5, 5.41) is 19.0. The van der Waals surface area contributed by atoms with E-state index in [4.69, 9.17) is 21.1 Å². The van der Waals surface area contributed by atoms with E-state index >= 15 is 0 Å². The zero-order chi connectivity index (χ0) is 36.9. The summed E-state index contributed by atoms with van der Waals surface area (Å²) in [4.78, 5) is 58.5. The molecule has 14 nitrogen and oxygen atoms in total. The van der Waals surface area contributed by atoms with Gasteiger partial charge in [0.1, 0.15) is 5.60 Å². The first kappa shape index (κ1) is 35.9. The van der Waals surface area contributed by atoms with Crippen LogP contribution in [-0.2, 0) is 11.8 Å². The number of nitrogens with one attached hydrogen (secondary N) is 3. The summed E-state index contributed by atoms with van der Waals surface area (Å²) >= 11 is 6.43. The Morgan fingerprint density at radius 3 is 2.31 bits per heavy atom. The van der Waals surface area contributed by atoms with Gasteiger partial charge in [0.2, 0.25) is 5.82 Å². The van der Waals surface area contributed by atoms with Gasteiger partial charge in [-0.25, -0.2) is 19.0 Å². The Morgan fingerprint density at radius 1 is 0.961 bits per heavy atom. The number of amides is 5. The number of urea groups is 1. The van der Waals surface area contributed by atoms with Gasteiger partial charge in [0.05, 0.1) is 48.3 Å². The smallest absolute Gasteiger partial charge is 0.410 e. The van der Waals surface area contributed by atoms with E-state index in [1.54, 1.807) is 25.7 Å². The van der Waals surface area contributed by atoms with Gasteiger partial charge in [-0.1, -0.05) is 11.6 Å². The van der Waals surface area contributed by atoms with E-state index in [2.05, 4.69) is 20.9 Å². The second kappa shape index (κ2) is 13.6. The lowest BCUT2D eigenvalue weighted by atomic mass is 10.1. The number of rotatable bonds is 7. The van der Waals surface area contributed by atoms with Crippen LogP contribution in [0, 0.1) is 23.5 Å². The highest BCUT2D eigenvalue weighted by molar-refractivity contribution is 6.34. The van der Waals surface area contributed by atoms with Gasteiger partial charge in [-0.15, -0.1) is 0 Å². The van der Waals surface area contributed by atoms with Crippen LogP contribution in [0.25, 0.3) is 11.3 Å². The van der Waals surface area contributed by atoms with Gasteiger partial charge in [-0.05, 0) is 51.1 Å². The summed E-state index contributed by atoms with van der Waals surface area (Å²) in [7, 11) is 2.71. The number of benzene rings is 2. The van der Waals surface area contributed by atoms with Gasteiger partial charge in [0, 0.05) is 55.8 Å². The second-order valence-corrected chi connectivity index (χ2v) is 14.3. The molecule has 2 aromatic carbocycles. The molecule has 3 aliphatic rings. The third-order valence-electron chi connectivity index (χ3n) is 9.23. The van der Waals surface area contributed by atoms with Crippen LogP contribution in [0.1, 0.15) is 41.7 Å².